The van der Waals surface area contributed by atoms with Gasteiger partial charge >= 0.3 is 159 Å². The molecule has 2 aliphatic carbocycles. The number of rotatable bonds is 2. The van der Waals surface area contributed by atoms with Gasteiger partial charge in [-0.1, -0.05) is 0 Å². The van der Waals surface area contributed by atoms with Gasteiger partial charge in [-0.3, -0.25) is 0 Å². The average Bonchev–Trinajstić information content (AvgIpc) is 3.11. The van der Waals surface area contributed by atoms with E-state index in [4.69, 9.17) is 18.6 Å². The molecule has 0 aromatic heterocycles. The Bertz CT molecular complexity index is 931. The molecular weight excluding hydrogens is 383 g/mol. The number of hydrogen-bond acceptors (Lipinski definition) is 0. The molecule has 128 valence electrons. The molecule has 0 aliphatic heterocycles. The van der Waals surface area contributed by atoms with E-state index in [2.05, 4.69) is 85.8 Å². The summed E-state index contributed by atoms with van der Waals surface area (Å²) < 4.78 is 2.41. The Hall–Kier alpha value is -0.916. The Morgan fingerprint density at radius 3 is 1.56 bits per heavy atom. The van der Waals surface area contributed by atoms with Crippen molar-refractivity contribution < 1.29 is 12.7 Å². The van der Waals surface area contributed by atoms with Gasteiger partial charge in [-0.25, -0.2) is 0 Å². The molecule has 0 spiro atoms. The summed E-state index contributed by atoms with van der Waals surface area (Å²) in [7, 11) is 15.3. The van der Waals surface area contributed by atoms with Crippen LogP contribution >= 0.6 is 18.6 Å². The van der Waals surface area contributed by atoms with Crippen molar-refractivity contribution in [1.29, 1.82) is 0 Å². The molecule has 0 nitrogen and oxygen atoms in total. The summed E-state index contributed by atoms with van der Waals surface area (Å²) in [6.45, 7) is 6.43. The molecule has 0 N–H and O–H groups in total. The van der Waals surface area contributed by atoms with Crippen LogP contribution in [-0.2, 0) is 12.7 Å². The Kier molecular flexibility index (Phi) is 4.05. The van der Waals surface area contributed by atoms with Gasteiger partial charge in [0.05, 0.1) is 0 Å². The first-order valence-electron chi connectivity index (χ1n) is 8.79. The van der Waals surface area contributed by atoms with Crippen LogP contribution in [0.15, 0.2) is 59.7 Å². The zero-order chi connectivity index (χ0) is 17.8. The van der Waals surface area contributed by atoms with Crippen LogP contribution in [0.4, 0.5) is 0 Å². The molecule has 4 rings (SSSR count). The third-order valence-electron chi connectivity index (χ3n) is 5.95. The van der Waals surface area contributed by atoms with E-state index >= 15 is 0 Å². The first kappa shape index (κ1) is 17.5. The van der Waals surface area contributed by atoms with Crippen LogP contribution in [0.1, 0.15) is 51.5 Å². The summed E-state index contributed by atoms with van der Waals surface area (Å²) in [4.78, 5) is 0. The standard InChI is InChI=1S/2C10H9.C2H4.2ClH.Ti/c2*1-8-6-9-4-2-3-5-10(9)7-8;1-2;;;/h2*2-7H,1H3;1H,2H3;2*1H;/q;;;;;+2/p-2. The van der Waals surface area contributed by atoms with Gasteiger partial charge in [-0.2, -0.15) is 0 Å². The zero-order valence-corrected chi connectivity index (χ0v) is 17.8. The van der Waals surface area contributed by atoms with Crippen molar-refractivity contribution in [2.45, 2.75) is 29.2 Å². The van der Waals surface area contributed by atoms with E-state index in [-0.39, 0.29) is 8.45 Å². The van der Waals surface area contributed by atoms with E-state index in [0.717, 1.165) is 0 Å². The van der Waals surface area contributed by atoms with Crippen LogP contribution < -0.4 is 0 Å². The molecule has 0 saturated carbocycles. The predicted octanol–water partition coefficient (Wildman–Crippen LogP) is 7.12. The van der Waals surface area contributed by atoms with Gasteiger partial charge in [0.15, 0.2) is 0 Å². The number of benzene rings is 2. The average molecular weight is 405 g/mol. The van der Waals surface area contributed by atoms with E-state index < -0.39 is 12.7 Å². The van der Waals surface area contributed by atoms with Crippen LogP contribution in [0.25, 0.3) is 12.2 Å². The third-order valence-corrected chi connectivity index (χ3v) is 18.9. The van der Waals surface area contributed by atoms with E-state index in [1.54, 1.807) is 0 Å². The first-order valence-corrected chi connectivity index (χ1v) is 15.8. The molecule has 0 bridgehead atoms. The Morgan fingerprint density at radius 1 is 0.760 bits per heavy atom. The zero-order valence-electron chi connectivity index (χ0n) is 14.8. The van der Waals surface area contributed by atoms with Gasteiger partial charge in [-0.15, -0.1) is 0 Å². The Balaban J connectivity index is 1.99. The third kappa shape index (κ3) is 2.42. The van der Waals surface area contributed by atoms with Crippen molar-refractivity contribution in [1.82, 2.24) is 0 Å². The second-order valence-electron chi connectivity index (χ2n) is 7.42. The van der Waals surface area contributed by atoms with Crippen molar-refractivity contribution in [3.8, 4) is 0 Å². The molecule has 25 heavy (non-hydrogen) atoms. The summed E-state index contributed by atoms with van der Waals surface area (Å²) in [5.74, 6) is 0. The summed E-state index contributed by atoms with van der Waals surface area (Å²) >= 11 is -4.17. The molecule has 0 fully saturated rings. The van der Waals surface area contributed by atoms with Gasteiger partial charge in [0, 0.05) is 0 Å². The summed E-state index contributed by atoms with van der Waals surface area (Å²) in [5, 5.41) is 0. The molecule has 0 radical (unpaired) electrons. The van der Waals surface area contributed by atoms with Gasteiger partial charge < -0.3 is 0 Å². The SMILES string of the molecule is C[CH]=[Ti]([Cl])([Cl])([CH]1C(C)=Cc2ccccc21)[CH]1C(C)=Cc2ccccc21. The van der Waals surface area contributed by atoms with Crippen LogP contribution in [-0.4, -0.2) is 4.31 Å². The second-order valence-corrected chi connectivity index (χ2v) is 21.7. The molecule has 2 unspecified atom stereocenters. The minimum atomic E-state index is -4.17. The maximum absolute atomic E-state index is 7.66. The molecular formula is C22H22Cl2Ti. The summed E-state index contributed by atoms with van der Waals surface area (Å²) in [6.07, 6.45) is 4.52. The van der Waals surface area contributed by atoms with Crippen LogP contribution in [0.2, 0.25) is 0 Å². The second kappa shape index (κ2) is 5.79. The van der Waals surface area contributed by atoms with E-state index in [1.807, 2.05) is 0 Å². The molecule has 2 aromatic rings. The van der Waals surface area contributed by atoms with Crippen molar-refractivity contribution in [3.63, 3.8) is 0 Å². The fourth-order valence-electron chi connectivity index (χ4n) is 4.92. The Labute approximate surface area is 158 Å². The van der Waals surface area contributed by atoms with Crippen molar-refractivity contribution in [2.75, 3.05) is 0 Å². The van der Waals surface area contributed by atoms with Crippen molar-refractivity contribution in [3.05, 3.63) is 81.9 Å². The normalized spacial score (nSPS) is 22.2. The molecule has 2 atom stereocenters. The number of fused-ring (bicyclic) bond motifs is 2. The predicted molar refractivity (Wildman–Crippen MR) is 109 cm³/mol. The van der Waals surface area contributed by atoms with Crippen molar-refractivity contribution >= 4 is 35.1 Å². The molecule has 2 aliphatic rings. The molecule has 0 amide bonds. The summed E-state index contributed by atoms with van der Waals surface area (Å²) in [6, 6.07) is 17.1. The molecule has 0 heterocycles. The molecule has 0 saturated heterocycles. The maximum atomic E-state index is 7.66. The fraction of sp³-hybridized carbons (Fsp3) is 0.227. The van der Waals surface area contributed by atoms with Crippen molar-refractivity contribution in [2.24, 2.45) is 0 Å². The van der Waals surface area contributed by atoms with Gasteiger partial charge in [0.1, 0.15) is 0 Å². The van der Waals surface area contributed by atoms with Crippen LogP contribution in [0.5, 0.6) is 0 Å². The topological polar surface area (TPSA) is 0 Å². The van der Waals surface area contributed by atoms with Gasteiger partial charge in [-0.05, 0) is 0 Å². The quantitative estimate of drug-likeness (QED) is 0.467. The number of hydrogen-bond donors (Lipinski definition) is 0. The van der Waals surface area contributed by atoms with Crippen LogP contribution in [0, 0.1) is 0 Å². The first-order chi connectivity index (χ1) is 11.9. The van der Waals surface area contributed by atoms with E-state index in [0.29, 0.717) is 0 Å². The van der Waals surface area contributed by atoms with E-state index in [1.165, 1.54) is 33.4 Å². The van der Waals surface area contributed by atoms with Gasteiger partial charge in [0.25, 0.3) is 0 Å². The monoisotopic (exact) mass is 404 g/mol. The molecule has 2 aromatic carbocycles. The van der Waals surface area contributed by atoms with Gasteiger partial charge in [0.2, 0.25) is 0 Å². The minimum absolute atomic E-state index is 0.112. The fourth-order valence-corrected chi connectivity index (χ4v) is 16.9. The van der Waals surface area contributed by atoms with Crippen LogP contribution in [0.3, 0.4) is 0 Å². The summed E-state index contributed by atoms with van der Waals surface area (Å²) in [5.41, 5.74) is 7.68. The van der Waals surface area contributed by atoms with E-state index in [9.17, 15) is 0 Å². The molecule has 3 heteroatoms. The number of halogens is 2. The number of allylic oxidation sites excluding steroid dienone is 2. The Morgan fingerprint density at radius 2 is 1.16 bits per heavy atom.